The third-order valence-electron chi connectivity index (χ3n) is 4.99. The topological polar surface area (TPSA) is 37.4 Å². The average Bonchev–Trinajstić information content (AvgIpc) is 3.19. The molecular formula is C18H20F3N3OS. The molecule has 0 amide bonds. The summed E-state index contributed by atoms with van der Waals surface area (Å²) in [5.74, 6) is 0.789. The summed E-state index contributed by atoms with van der Waals surface area (Å²) in [6.45, 7) is 0.932. The Morgan fingerprint density at radius 2 is 2.08 bits per heavy atom. The van der Waals surface area contributed by atoms with Gasteiger partial charge >= 0.3 is 6.18 Å². The molecule has 2 heterocycles. The van der Waals surface area contributed by atoms with E-state index in [2.05, 4.69) is 21.3 Å². The van der Waals surface area contributed by atoms with Crippen LogP contribution in [-0.2, 0) is 6.18 Å². The van der Waals surface area contributed by atoms with E-state index in [-0.39, 0.29) is 12.1 Å². The summed E-state index contributed by atoms with van der Waals surface area (Å²) in [5.41, 5.74) is 0.291. The number of anilines is 1. The number of nitrogens with zero attached hydrogens (tertiary/aromatic N) is 2. The van der Waals surface area contributed by atoms with Crippen LogP contribution in [0, 0.1) is 0 Å². The van der Waals surface area contributed by atoms with Crippen molar-refractivity contribution < 1.29 is 17.9 Å². The molecule has 2 aromatic rings. The van der Waals surface area contributed by atoms with Crippen molar-refractivity contribution in [1.29, 1.82) is 0 Å². The molecule has 8 heteroatoms. The Labute approximate surface area is 154 Å². The highest BCUT2D eigenvalue weighted by Gasteiger charge is 2.43. The second-order valence-corrected chi connectivity index (χ2v) is 7.62. The smallest absolute Gasteiger partial charge is 0.434 e. The lowest BCUT2D eigenvalue weighted by Gasteiger charge is -2.29. The van der Waals surface area contributed by atoms with Crippen molar-refractivity contribution in [2.45, 2.75) is 43.6 Å². The molecule has 1 aromatic heterocycles. The number of aromatic nitrogens is 1. The van der Waals surface area contributed by atoms with Gasteiger partial charge in [0.1, 0.15) is 5.75 Å². The fraction of sp³-hybridized carbons (Fsp3) is 0.500. The van der Waals surface area contributed by atoms with Gasteiger partial charge in [-0.2, -0.15) is 13.2 Å². The van der Waals surface area contributed by atoms with Crippen LogP contribution in [0.5, 0.6) is 5.75 Å². The van der Waals surface area contributed by atoms with E-state index in [1.54, 1.807) is 7.11 Å². The molecule has 2 aliphatic rings. The van der Waals surface area contributed by atoms with Gasteiger partial charge in [0, 0.05) is 24.0 Å². The minimum Gasteiger partial charge on any atom is -0.497 e. The highest BCUT2D eigenvalue weighted by molar-refractivity contribution is 7.13. The second-order valence-electron chi connectivity index (χ2n) is 6.77. The fourth-order valence-electron chi connectivity index (χ4n) is 3.66. The van der Waals surface area contributed by atoms with Gasteiger partial charge in [0.2, 0.25) is 0 Å². The lowest BCUT2D eigenvalue weighted by molar-refractivity contribution is -0.140. The Kier molecular flexibility index (Phi) is 4.56. The Hall–Kier alpha value is -1.80. The molecule has 4 rings (SSSR count). The van der Waals surface area contributed by atoms with E-state index in [0.717, 1.165) is 41.0 Å². The van der Waals surface area contributed by atoms with Crippen LogP contribution in [0.25, 0.3) is 0 Å². The first kappa shape index (κ1) is 17.6. The third kappa shape index (κ3) is 3.53. The molecular weight excluding hydrogens is 363 g/mol. The predicted molar refractivity (Wildman–Crippen MR) is 94.6 cm³/mol. The molecule has 4 nitrogen and oxygen atoms in total. The third-order valence-corrected chi connectivity index (χ3v) is 5.76. The van der Waals surface area contributed by atoms with Gasteiger partial charge in [-0.15, -0.1) is 11.3 Å². The molecule has 1 saturated heterocycles. The Morgan fingerprint density at radius 3 is 2.73 bits per heavy atom. The van der Waals surface area contributed by atoms with Gasteiger partial charge < -0.3 is 10.1 Å². The van der Waals surface area contributed by atoms with Crippen molar-refractivity contribution in [3.63, 3.8) is 0 Å². The lowest BCUT2D eigenvalue weighted by Crippen LogP contribution is -2.32. The molecule has 0 bridgehead atoms. The summed E-state index contributed by atoms with van der Waals surface area (Å²) in [6, 6.07) is 8.64. The molecule has 1 aliphatic carbocycles. The second kappa shape index (κ2) is 6.74. The fourth-order valence-corrected chi connectivity index (χ4v) is 4.44. The number of hydrogen-bond donors (Lipinski definition) is 1. The number of thiazole rings is 1. The Morgan fingerprint density at radius 1 is 1.27 bits per heavy atom. The van der Waals surface area contributed by atoms with Gasteiger partial charge in [0.15, 0.2) is 10.8 Å². The van der Waals surface area contributed by atoms with Crippen molar-refractivity contribution in [2.75, 3.05) is 19.0 Å². The molecule has 0 radical (unpaired) electrons. The Balaban J connectivity index is 1.58. The zero-order valence-electron chi connectivity index (χ0n) is 14.3. The minimum atomic E-state index is -4.40. The predicted octanol–water partition coefficient (Wildman–Crippen LogP) is 4.56. The number of likely N-dealkylation sites (tertiary alicyclic amines) is 1. The van der Waals surface area contributed by atoms with Crippen molar-refractivity contribution in [3.8, 4) is 5.75 Å². The summed E-state index contributed by atoms with van der Waals surface area (Å²) in [6.07, 6.45) is -1.16. The number of alkyl halides is 3. The van der Waals surface area contributed by atoms with Gasteiger partial charge in [-0.3, -0.25) is 4.90 Å². The maximum atomic E-state index is 12.8. The molecule has 2 unspecified atom stereocenters. The molecule has 0 spiro atoms. The molecule has 1 saturated carbocycles. The normalized spacial score (nSPS) is 24.0. The zero-order chi connectivity index (χ0) is 18.3. The number of ether oxygens (including phenoxy) is 1. The van der Waals surface area contributed by atoms with Crippen LogP contribution >= 0.6 is 11.3 Å². The van der Waals surface area contributed by atoms with Crippen molar-refractivity contribution in [2.24, 2.45) is 0 Å². The SMILES string of the molecule is COc1cccc(C2C(Nc3nc(C(F)(F)F)cs3)CCN2C2CC2)c1. The number of nitrogens with one attached hydrogen (secondary N) is 1. The van der Waals surface area contributed by atoms with Gasteiger partial charge in [-0.1, -0.05) is 12.1 Å². The van der Waals surface area contributed by atoms with Crippen LogP contribution in [0.1, 0.15) is 36.6 Å². The largest absolute Gasteiger partial charge is 0.497 e. The van der Waals surface area contributed by atoms with E-state index in [4.69, 9.17) is 4.74 Å². The highest BCUT2D eigenvalue weighted by Crippen LogP contribution is 2.43. The minimum absolute atomic E-state index is 0.0231. The standard InChI is InChI=1S/C18H20F3N3OS/c1-25-13-4-2-3-11(9-13)16-14(7-8-24(16)12-5-6-12)22-17-23-15(10-26-17)18(19,20)21/h2-4,9-10,12,14,16H,5-8H2,1H3,(H,22,23). The van der Waals surface area contributed by atoms with Crippen molar-refractivity contribution in [3.05, 3.63) is 40.9 Å². The summed E-state index contributed by atoms with van der Waals surface area (Å²) in [5, 5.41) is 4.65. The lowest BCUT2D eigenvalue weighted by atomic mass is 9.99. The van der Waals surface area contributed by atoms with E-state index in [9.17, 15) is 13.2 Å². The first-order valence-electron chi connectivity index (χ1n) is 8.64. The molecule has 1 N–H and O–H groups in total. The number of benzene rings is 1. The van der Waals surface area contributed by atoms with E-state index in [1.807, 2.05) is 18.2 Å². The summed E-state index contributed by atoms with van der Waals surface area (Å²) < 4.78 is 43.8. The van der Waals surface area contributed by atoms with Gasteiger partial charge in [-0.05, 0) is 37.0 Å². The maximum Gasteiger partial charge on any atom is 0.434 e. The van der Waals surface area contributed by atoms with Crippen LogP contribution in [0.4, 0.5) is 18.3 Å². The first-order valence-corrected chi connectivity index (χ1v) is 9.52. The molecule has 1 aromatic carbocycles. The van der Waals surface area contributed by atoms with Crippen LogP contribution in [-0.4, -0.2) is 35.6 Å². The summed E-state index contributed by atoms with van der Waals surface area (Å²) in [7, 11) is 1.64. The van der Waals surface area contributed by atoms with E-state index in [1.165, 1.54) is 12.8 Å². The molecule has 1 aliphatic heterocycles. The quantitative estimate of drug-likeness (QED) is 0.821. The zero-order valence-corrected chi connectivity index (χ0v) is 15.1. The van der Waals surface area contributed by atoms with Crippen molar-refractivity contribution >= 4 is 16.5 Å². The van der Waals surface area contributed by atoms with E-state index < -0.39 is 11.9 Å². The molecule has 2 atom stereocenters. The van der Waals surface area contributed by atoms with Gasteiger partial charge in [0.05, 0.1) is 13.2 Å². The van der Waals surface area contributed by atoms with Gasteiger partial charge in [0.25, 0.3) is 0 Å². The number of halogens is 3. The Bertz CT molecular complexity index is 775. The summed E-state index contributed by atoms with van der Waals surface area (Å²) >= 11 is 1.01. The monoisotopic (exact) mass is 383 g/mol. The molecule has 2 fully saturated rings. The van der Waals surface area contributed by atoms with Crippen LogP contribution in [0.15, 0.2) is 29.6 Å². The first-order chi connectivity index (χ1) is 12.5. The molecule has 26 heavy (non-hydrogen) atoms. The summed E-state index contributed by atoms with van der Waals surface area (Å²) in [4.78, 5) is 6.19. The van der Waals surface area contributed by atoms with Crippen LogP contribution < -0.4 is 10.1 Å². The number of methoxy groups -OCH3 is 1. The number of rotatable bonds is 5. The number of hydrogen-bond acceptors (Lipinski definition) is 5. The highest BCUT2D eigenvalue weighted by atomic mass is 32.1. The maximum absolute atomic E-state index is 12.8. The van der Waals surface area contributed by atoms with E-state index in [0.29, 0.717) is 11.2 Å². The van der Waals surface area contributed by atoms with Crippen LogP contribution in [0.3, 0.4) is 0 Å². The van der Waals surface area contributed by atoms with Crippen molar-refractivity contribution in [1.82, 2.24) is 9.88 Å². The average molecular weight is 383 g/mol. The van der Waals surface area contributed by atoms with Crippen LogP contribution in [0.2, 0.25) is 0 Å². The molecule has 140 valence electrons. The van der Waals surface area contributed by atoms with Gasteiger partial charge in [-0.25, -0.2) is 4.98 Å². The van der Waals surface area contributed by atoms with E-state index >= 15 is 0 Å².